The smallest absolute Gasteiger partial charge is 0.0642 e. The molecule has 0 radical (unpaired) electrons. The van der Waals surface area contributed by atoms with Crippen LogP contribution >= 0.6 is 11.8 Å². The molecule has 1 saturated heterocycles. The molecule has 2 aliphatic heterocycles. The predicted molar refractivity (Wildman–Crippen MR) is 52.4 cm³/mol. The summed E-state index contributed by atoms with van der Waals surface area (Å²) in [6, 6.07) is 0. The van der Waals surface area contributed by atoms with Crippen molar-refractivity contribution in [3.63, 3.8) is 0 Å². The van der Waals surface area contributed by atoms with Crippen LogP contribution in [0, 0.1) is 0 Å². The molecule has 0 aromatic carbocycles. The van der Waals surface area contributed by atoms with E-state index in [0.717, 1.165) is 26.3 Å². The van der Waals surface area contributed by atoms with Gasteiger partial charge in [-0.25, -0.2) is 0 Å². The standard InChI is InChI=1S/C9H15NOS/c1-7-12-8-2-9(1)10-3-5-11-6-4-10/h1H,2-8H2. The second kappa shape index (κ2) is 4.19. The Morgan fingerprint density at radius 2 is 2.17 bits per heavy atom. The maximum atomic E-state index is 5.32. The summed E-state index contributed by atoms with van der Waals surface area (Å²) in [4.78, 5) is 2.48. The zero-order valence-corrected chi connectivity index (χ0v) is 8.11. The van der Waals surface area contributed by atoms with Gasteiger partial charge in [0, 0.05) is 24.5 Å². The van der Waals surface area contributed by atoms with Crippen LogP contribution in [0.3, 0.4) is 0 Å². The molecule has 2 nitrogen and oxygen atoms in total. The van der Waals surface area contributed by atoms with Gasteiger partial charge in [0.05, 0.1) is 13.2 Å². The Morgan fingerprint density at radius 3 is 2.83 bits per heavy atom. The summed E-state index contributed by atoms with van der Waals surface area (Å²) in [5.74, 6) is 2.50. The van der Waals surface area contributed by atoms with Crippen LogP contribution in [0.1, 0.15) is 6.42 Å². The molecule has 2 heterocycles. The maximum Gasteiger partial charge on any atom is 0.0642 e. The van der Waals surface area contributed by atoms with Gasteiger partial charge >= 0.3 is 0 Å². The lowest BCUT2D eigenvalue weighted by Crippen LogP contribution is -2.36. The highest BCUT2D eigenvalue weighted by atomic mass is 32.2. The van der Waals surface area contributed by atoms with Crippen LogP contribution in [0.2, 0.25) is 0 Å². The number of hydrogen-bond donors (Lipinski definition) is 0. The van der Waals surface area contributed by atoms with E-state index in [1.807, 2.05) is 11.8 Å². The molecule has 0 unspecified atom stereocenters. The third-order valence-electron chi connectivity index (χ3n) is 2.36. The first kappa shape index (κ1) is 8.45. The van der Waals surface area contributed by atoms with Crippen LogP contribution in [-0.4, -0.2) is 42.7 Å². The highest BCUT2D eigenvalue weighted by Gasteiger charge is 2.14. The third kappa shape index (κ3) is 1.96. The summed E-state index contributed by atoms with van der Waals surface area (Å²) in [5.41, 5.74) is 1.55. The largest absolute Gasteiger partial charge is 0.378 e. The fourth-order valence-corrected chi connectivity index (χ4v) is 2.49. The number of morpholine rings is 1. The second-order valence-corrected chi connectivity index (χ2v) is 4.27. The van der Waals surface area contributed by atoms with Crippen LogP contribution in [0.15, 0.2) is 11.8 Å². The second-order valence-electron chi connectivity index (χ2n) is 3.12. The molecule has 12 heavy (non-hydrogen) atoms. The first-order valence-electron chi connectivity index (χ1n) is 4.56. The summed E-state index contributed by atoms with van der Waals surface area (Å²) < 4.78 is 5.32. The zero-order valence-electron chi connectivity index (χ0n) is 7.29. The molecule has 68 valence electrons. The molecule has 0 atom stereocenters. The maximum absolute atomic E-state index is 5.32. The number of nitrogens with zero attached hydrogens (tertiary/aromatic N) is 1. The Kier molecular flexibility index (Phi) is 2.95. The molecule has 0 aromatic rings. The minimum Gasteiger partial charge on any atom is -0.378 e. The monoisotopic (exact) mass is 185 g/mol. The van der Waals surface area contributed by atoms with E-state index in [-0.39, 0.29) is 0 Å². The fourth-order valence-electron chi connectivity index (χ4n) is 1.66. The number of rotatable bonds is 1. The van der Waals surface area contributed by atoms with Gasteiger partial charge in [-0.15, -0.1) is 0 Å². The first-order chi connectivity index (χ1) is 5.97. The lowest BCUT2D eigenvalue weighted by Gasteiger charge is -2.32. The van der Waals surface area contributed by atoms with E-state index in [9.17, 15) is 0 Å². The van der Waals surface area contributed by atoms with Gasteiger partial charge < -0.3 is 9.64 Å². The van der Waals surface area contributed by atoms with Gasteiger partial charge in [0.25, 0.3) is 0 Å². The van der Waals surface area contributed by atoms with Crippen LogP contribution in [0.25, 0.3) is 0 Å². The quantitative estimate of drug-likeness (QED) is 0.611. The average molecular weight is 185 g/mol. The molecule has 0 bridgehead atoms. The van der Waals surface area contributed by atoms with Crippen molar-refractivity contribution in [2.24, 2.45) is 0 Å². The van der Waals surface area contributed by atoms with Crippen molar-refractivity contribution in [2.45, 2.75) is 6.42 Å². The Labute approximate surface area is 78.0 Å². The predicted octanol–water partition coefficient (Wildman–Crippen LogP) is 1.34. The van der Waals surface area contributed by atoms with Gasteiger partial charge in [0.15, 0.2) is 0 Å². The Morgan fingerprint density at radius 1 is 1.33 bits per heavy atom. The van der Waals surface area contributed by atoms with E-state index in [1.165, 1.54) is 17.9 Å². The van der Waals surface area contributed by atoms with E-state index in [0.29, 0.717) is 0 Å². The van der Waals surface area contributed by atoms with Crippen molar-refractivity contribution in [2.75, 3.05) is 37.8 Å². The Bertz CT molecular complexity index is 175. The summed E-state index contributed by atoms with van der Waals surface area (Å²) in [5, 5.41) is 0. The van der Waals surface area contributed by atoms with Gasteiger partial charge in [0.2, 0.25) is 0 Å². The normalized spacial score (nSPS) is 25.3. The Balaban J connectivity index is 1.92. The summed E-state index contributed by atoms with van der Waals surface area (Å²) in [6.07, 6.45) is 3.63. The highest BCUT2D eigenvalue weighted by Crippen LogP contribution is 2.20. The molecule has 0 saturated carbocycles. The van der Waals surface area contributed by atoms with Crippen molar-refractivity contribution in [1.82, 2.24) is 4.90 Å². The average Bonchev–Trinajstić information content (AvgIpc) is 2.21. The lowest BCUT2D eigenvalue weighted by atomic mass is 10.2. The molecular formula is C9H15NOS. The number of thioether (sulfide) groups is 1. The first-order valence-corrected chi connectivity index (χ1v) is 5.72. The fraction of sp³-hybridized carbons (Fsp3) is 0.778. The zero-order chi connectivity index (χ0) is 8.23. The number of ether oxygens (including phenoxy) is 1. The van der Waals surface area contributed by atoms with Crippen molar-refractivity contribution >= 4 is 11.8 Å². The van der Waals surface area contributed by atoms with E-state index < -0.39 is 0 Å². The Hall–Kier alpha value is -0.150. The third-order valence-corrected chi connectivity index (χ3v) is 3.25. The van der Waals surface area contributed by atoms with Gasteiger partial charge in [-0.2, -0.15) is 11.8 Å². The van der Waals surface area contributed by atoms with Crippen LogP contribution < -0.4 is 0 Å². The molecule has 2 aliphatic rings. The minimum absolute atomic E-state index is 0.907. The van der Waals surface area contributed by atoms with Crippen LogP contribution in [0.4, 0.5) is 0 Å². The SMILES string of the molecule is C1=C(N2CCOCC2)CCSC1. The lowest BCUT2D eigenvalue weighted by molar-refractivity contribution is 0.0523. The van der Waals surface area contributed by atoms with Crippen molar-refractivity contribution in [3.05, 3.63) is 11.8 Å². The van der Waals surface area contributed by atoms with Crippen LogP contribution in [0.5, 0.6) is 0 Å². The van der Waals surface area contributed by atoms with E-state index in [1.54, 1.807) is 5.70 Å². The topological polar surface area (TPSA) is 12.5 Å². The molecule has 0 aromatic heterocycles. The van der Waals surface area contributed by atoms with Crippen molar-refractivity contribution < 1.29 is 4.74 Å². The molecule has 0 N–H and O–H groups in total. The molecule has 3 heteroatoms. The molecule has 2 rings (SSSR count). The van der Waals surface area contributed by atoms with E-state index >= 15 is 0 Å². The van der Waals surface area contributed by atoms with Crippen molar-refractivity contribution in [1.29, 1.82) is 0 Å². The number of allylic oxidation sites excluding steroid dienone is 1. The van der Waals surface area contributed by atoms with Gasteiger partial charge in [-0.05, 0) is 12.2 Å². The summed E-state index contributed by atoms with van der Waals surface area (Å²) in [6.45, 7) is 4.00. The van der Waals surface area contributed by atoms with Crippen LogP contribution in [-0.2, 0) is 4.74 Å². The van der Waals surface area contributed by atoms with E-state index in [2.05, 4.69) is 11.0 Å². The number of hydrogen-bond acceptors (Lipinski definition) is 3. The molecule has 1 fully saturated rings. The van der Waals surface area contributed by atoms with Gasteiger partial charge in [0.1, 0.15) is 0 Å². The molecule has 0 amide bonds. The summed E-state index contributed by atoms with van der Waals surface area (Å²) >= 11 is 2.03. The van der Waals surface area contributed by atoms with Gasteiger partial charge in [-0.3, -0.25) is 0 Å². The van der Waals surface area contributed by atoms with Gasteiger partial charge in [-0.1, -0.05) is 6.08 Å². The van der Waals surface area contributed by atoms with Crippen molar-refractivity contribution in [3.8, 4) is 0 Å². The molecule has 0 spiro atoms. The molecule has 0 aliphatic carbocycles. The summed E-state index contributed by atoms with van der Waals surface area (Å²) in [7, 11) is 0. The highest BCUT2D eigenvalue weighted by molar-refractivity contribution is 7.99. The minimum atomic E-state index is 0.907. The molecular weight excluding hydrogens is 170 g/mol. The van der Waals surface area contributed by atoms with E-state index in [4.69, 9.17) is 4.74 Å².